The van der Waals surface area contributed by atoms with E-state index in [4.69, 9.17) is 33.7 Å². The van der Waals surface area contributed by atoms with Crippen LogP contribution in [0.2, 0.25) is 10.0 Å². The van der Waals surface area contributed by atoms with Gasteiger partial charge in [-0.25, -0.2) is 0 Å². The minimum atomic E-state index is -0.374. The fraction of sp³-hybridized carbons (Fsp3) is 0.0714. The van der Waals surface area contributed by atoms with Crippen LogP contribution >= 0.6 is 23.2 Å². The molecule has 3 N–H and O–H groups in total. The monoisotopic (exact) mass is 310 g/mol. The van der Waals surface area contributed by atoms with Crippen LogP contribution in [0.5, 0.6) is 5.75 Å². The predicted molar refractivity (Wildman–Crippen MR) is 81.8 cm³/mol. The van der Waals surface area contributed by atoms with Crippen molar-refractivity contribution in [2.24, 2.45) is 0 Å². The Bertz CT molecular complexity index is 660. The van der Waals surface area contributed by atoms with E-state index in [-0.39, 0.29) is 11.5 Å². The Kier molecular flexibility index (Phi) is 4.37. The highest BCUT2D eigenvalue weighted by molar-refractivity contribution is 6.36. The number of nitrogen functional groups attached to an aromatic ring is 1. The number of ether oxygens (including phenoxy) is 1. The maximum Gasteiger partial charge on any atom is 0.257 e. The van der Waals surface area contributed by atoms with Crippen LogP contribution in [0.1, 0.15) is 10.4 Å². The lowest BCUT2D eigenvalue weighted by atomic mass is 10.2. The van der Waals surface area contributed by atoms with Gasteiger partial charge in [0.2, 0.25) is 0 Å². The number of methoxy groups -OCH3 is 1. The molecule has 4 nitrogen and oxygen atoms in total. The lowest BCUT2D eigenvalue weighted by Gasteiger charge is -2.11. The molecule has 0 atom stereocenters. The van der Waals surface area contributed by atoms with Crippen molar-refractivity contribution in [2.75, 3.05) is 18.2 Å². The van der Waals surface area contributed by atoms with Crippen LogP contribution in [0.15, 0.2) is 36.4 Å². The van der Waals surface area contributed by atoms with Crippen LogP contribution < -0.4 is 15.8 Å². The predicted octanol–water partition coefficient (Wildman–Crippen LogP) is 3.84. The molecule has 0 saturated carbocycles. The molecule has 1 amide bonds. The van der Waals surface area contributed by atoms with E-state index in [1.54, 1.807) is 30.3 Å². The fourth-order valence-corrected chi connectivity index (χ4v) is 2.05. The Balaban J connectivity index is 2.30. The first kappa shape index (κ1) is 14.5. The van der Waals surface area contributed by atoms with Gasteiger partial charge in [0.05, 0.1) is 23.4 Å². The average molecular weight is 311 g/mol. The molecule has 0 bridgehead atoms. The Hall–Kier alpha value is -1.91. The van der Waals surface area contributed by atoms with E-state index < -0.39 is 0 Å². The molecule has 2 rings (SSSR count). The van der Waals surface area contributed by atoms with Crippen molar-refractivity contribution in [3.05, 3.63) is 52.0 Å². The number of hydrogen-bond donors (Lipinski definition) is 2. The van der Waals surface area contributed by atoms with Gasteiger partial charge in [-0.2, -0.15) is 0 Å². The van der Waals surface area contributed by atoms with Crippen LogP contribution in [0, 0.1) is 0 Å². The van der Waals surface area contributed by atoms with Crippen LogP contribution in [0.3, 0.4) is 0 Å². The van der Waals surface area contributed by atoms with Gasteiger partial charge in [0.1, 0.15) is 5.75 Å². The molecule has 0 aliphatic carbocycles. The topological polar surface area (TPSA) is 64.3 Å². The van der Waals surface area contributed by atoms with E-state index in [1.807, 2.05) is 0 Å². The van der Waals surface area contributed by atoms with Gasteiger partial charge < -0.3 is 15.8 Å². The summed E-state index contributed by atoms with van der Waals surface area (Å²) in [4.78, 5) is 12.2. The number of nitrogens with two attached hydrogens (primary N) is 1. The zero-order chi connectivity index (χ0) is 14.7. The lowest BCUT2D eigenvalue weighted by molar-refractivity contribution is 0.102. The summed E-state index contributed by atoms with van der Waals surface area (Å²) in [7, 11) is 1.50. The Morgan fingerprint density at radius 2 is 1.95 bits per heavy atom. The first-order valence-corrected chi connectivity index (χ1v) is 6.47. The molecular weight excluding hydrogens is 299 g/mol. The second-order valence-electron chi connectivity index (χ2n) is 4.04. The van der Waals surface area contributed by atoms with E-state index in [9.17, 15) is 4.79 Å². The molecule has 0 saturated heterocycles. The molecule has 0 aliphatic heterocycles. The smallest absolute Gasteiger partial charge is 0.257 e. The highest BCUT2D eigenvalue weighted by Crippen LogP contribution is 2.28. The van der Waals surface area contributed by atoms with Crippen molar-refractivity contribution >= 4 is 40.5 Å². The van der Waals surface area contributed by atoms with Crippen molar-refractivity contribution in [3.63, 3.8) is 0 Å². The molecule has 2 aromatic rings. The molecule has 0 heterocycles. The maximum absolute atomic E-state index is 12.2. The molecule has 0 unspecified atom stereocenters. The highest BCUT2D eigenvalue weighted by atomic mass is 35.5. The third-order valence-electron chi connectivity index (χ3n) is 2.65. The number of anilines is 2. The number of benzene rings is 2. The van der Waals surface area contributed by atoms with Gasteiger partial charge in [0.15, 0.2) is 0 Å². The van der Waals surface area contributed by atoms with E-state index in [1.165, 1.54) is 13.2 Å². The number of carbonyl (C=O) groups excluding carboxylic acids is 1. The van der Waals surface area contributed by atoms with Crippen LogP contribution in [0.25, 0.3) is 0 Å². The number of carbonyl (C=O) groups is 1. The summed E-state index contributed by atoms with van der Waals surface area (Å²) in [5.74, 6) is 0.0945. The van der Waals surface area contributed by atoms with Gasteiger partial charge >= 0.3 is 0 Å². The third kappa shape index (κ3) is 3.15. The lowest BCUT2D eigenvalue weighted by Crippen LogP contribution is -2.13. The minimum absolute atomic E-state index is 0.290. The number of amides is 1. The van der Waals surface area contributed by atoms with E-state index in [0.29, 0.717) is 27.2 Å². The second kappa shape index (κ2) is 6.03. The van der Waals surface area contributed by atoms with Crippen molar-refractivity contribution in [1.82, 2.24) is 0 Å². The summed E-state index contributed by atoms with van der Waals surface area (Å²) in [6.07, 6.45) is 0. The van der Waals surface area contributed by atoms with E-state index >= 15 is 0 Å². The van der Waals surface area contributed by atoms with Gasteiger partial charge in [-0.1, -0.05) is 23.2 Å². The summed E-state index contributed by atoms with van der Waals surface area (Å²) >= 11 is 11.8. The maximum atomic E-state index is 12.2. The first-order valence-electron chi connectivity index (χ1n) is 5.71. The summed E-state index contributed by atoms with van der Waals surface area (Å²) < 4.78 is 5.16. The molecule has 2 aromatic carbocycles. The molecule has 20 heavy (non-hydrogen) atoms. The standard InChI is InChI=1S/C14H12Cl2N2O2/c1-20-13-7-9(17)3-5-12(13)18-14(19)10-6-8(15)2-4-11(10)16/h2-7H,17H2,1H3,(H,18,19). The zero-order valence-corrected chi connectivity index (χ0v) is 12.1. The van der Waals surface area contributed by atoms with Gasteiger partial charge in [0, 0.05) is 16.8 Å². The van der Waals surface area contributed by atoms with E-state index in [0.717, 1.165) is 0 Å². The quantitative estimate of drug-likeness (QED) is 0.847. The highest BCUT2D eigenvalue weighted by Gasteiger charge is 2.13. The van der Waals surface area contributed by atoms with Crippen molar-refractivity contribution < 1.29 is 9.53 Å². The molecule has 0 spiro atoms. The Morgan fingerprint density at radius 1 is 1.20 bits per heavy atom. The first-order chi connectivity index (χ1) is 9.51. The zero-order valence-electron chi connectivity index (χ0n) is 10.6. The van der Waals surface area contributed by atoms with Crippen LogP contribution in [0.4, 0.5) is 11.4 Å². The van der Waals surface area contributed by atoms with Gasteiger partial charge in [-0.15, -0.1) is 0 Å². The molecule has 0 fully saturated rings. The van der Waals surface area contributed by atoms with Crippen molar-refractivity contribution in [2.45, 2.75) is 0 Å². The Labute approximate surface area is 126 Å². The molecule has 6 heteroatoms. The van der Waals surface area contributed by atoms with Gasteiger partial charge in [0.25, 0.3) is 5.91 Å². The van der Waals surface area contributed by atoms with E-state index in [2.05, 4.69) is 5.32 Å². The summed E-state index contributed by atoms with van der Waals surface area (Å²) in [5, 5.41) is 3.47. The fourth-order valence-electron chi connectivity index (χ4n) is 1.67. The summed E-state index contributed by atoms with van der Waals surface area (Å²) in [6.45, 7) is 0. The SMILES string of the molecule is COc1cc(N)ccc1NC(=O)c1cc(Cl)ccc1Cl. The molecule has 0 aliphatic rings. The Morgan fingerprint density at radius 3 is 2.65 bits per heavy atom. The molecule has 0 radical (unpaired) electrons. The largest absolute Gasteiger partial charge is 0.494 e. The number of hydrogen-bond acceptors (Lipinski definition) is 3. The van der Waals surface area contributed by atoms with Crippen molar-refractivity contribution in [3.8, 4) is 5.75 Å². The van der Waals surface area contributed by atoms with Gasteiger partial charge in [-0.3, -0.25) is 4.79 Å². The van der Waals surface area contributed by atoms with Crippen molar-refractivity contribution in [1.29, 1.82) is 0 Å². The van der Waals surface area contributed by atoms with Gasteiger partial charge in [-0.05, 0) is 30.3 Å². The van der Waals surface area contributed by atoms with Crippen LogP contribution in [-0.4, -0.2) is 13.0 Å². The van der Waals surface area contributed by atoms with Crippen LogP contribution in [-0.2, 0) is 0 Å². The number of halogens is 2. The summed E-state index contributed by atoms with van der Waals surface area (Å²) in [5.41, 5.74) is 6.99. The molecule has 0 aromatic heterocycles. The number of nitrogens with one attached hydrogen (secondary N) is 1. The number of rotatable bonds is 3. The summed E-state index contributed by atoms with van der Waals surface area (Å²) in [6, 6.07) is 9.63. The average Bonchev–Trinajstić information content (AvgIpc) is 2.43. The third-order valence-corrected chi connectivity index (χ3v) is 3.21. The minimum Gasteiger partial charge on any atom is -0.494 e. The molecular formula is C14H12Cl2N2O2. The second-order valence-corrected chi connectivity index (χ2v) is 4.88. The normalized spacial score (nSPS) is 10.2. The molecule has 104 valence electrons.